The lowest BCUT2D eigenvalue weighted by molar-refractivity contribution is -0.122. The van der Waals surface area contributed by atoms with Crippen LogP contribution in [0.4, 0.5) is 0 Å². The van der Waals surface area contributed by atoms with Gasteiger partial charge in [-0.3, -0.25) is 4.79 Å². The molecule has 0 spiro atoms. The van der Waals surface area contributed by atoms with Gasteiger partial charge in [0.05, 0.1) is 6.04 Å². The van der Waals surface area contributed by atoms with E-state index < -0.39 is 0 Å². The van der Waals surface area contributed by atoms with Crippen molar-refractivity contribution in [1.29, 1.82) is 0 Å². The van der Waals surface area contributed by atoms with E-state index in [4.69, 9.17) is 0 Å². The van der Waals surface area contributed by atoms with Gasteiger partial charge in [-0.2, -0.15) is 0 Å². The van der Waals surface area contributed by atoms with Gasteiger partial charge in [0.25, 0.3) is 0 Å². The Morgan fingerprint density at radius 2 is 2.46 bits per heavy atom. The molecule has 1 saturated heterocycles. The summed E-state index contributed by atoms with van der Waals surface area (Å²) < 4.78 is 0.879. The zero-order chi connectivity index (χ0) is 9.68. The molecular weight excluding hydrogens is 232 g/mol. The van der Waals surface area contributed by atoms with Crippen LogP contribution >= 0.6 is 15.9 Å². The second kappa shape index (κ2) is 5.40. The van der Waals surface area contributed by atoms with Crippen molar-refractivity contribution in [3.63, 3.8) is 0 Å². The highest BCUT2D eigenvalue weighted by atomic mass is 79.9. The number of carbonyl (C=O) groups excluding carboxylic acids is 1. The van der Waals surface area contributed by atoms with Crippen LogP contribution in [0, 0.1) is 0 Å². The first-order valence-electron chi connectivity index (χ1n) is 4.54. The number of nitrogens with one attached hydrogen (secondary N) is 2. The van der Waals surface area contributed by atoms with Gasteiger partial charge in [0.15, 0.2) is 0 Å². The molecule has 0 radical (unpaired) electrons. The molecule has 1 heterocycles. The second-order valence-corrected chi connectivity index (χ2v) is 4.36. The molecule has 3 nitrogen and oxygen atoms in total. The SMILES string of the molecule is C=C(Br)CNC1CCCCNC1=O. The maximum atomic E-state index is 11.4. The molecule has 4 heteroatoms. The van der Waals surface area contributed by atoms with Crippen molar-refractivity contribution in [3.8, 4) is 0 Å². The molecule has 1 aliphatic heterocycles. The Balaban J connectivity index is 2.36. The van der Waals surface area contributed by atoms with Crippen LogP contribution in [0.1, 0.15) is 19.3 Å². The topological polar surface area (TPSA) is 41.1 Å². The zero-order valence-electron chi connectivity index (χ0n) is 7.61. The molecule has 0 aromatic rings. The summed E-state index contributed by atoms with van der Waals surface area (Å²) in [7, 11) is 0. The van der Waals surface area contributed by atoms with E-state index in [1.807, 2.05) is 0 Å². The van der Waals surface area contributed by atoms with Gasteiger partial charge in [-0.25, -0.2) is 0 Å². The number of halogens is 1. The Kier molecular flexibility index (Phi) is 4.45. The summed E-state index contributed by atoms with van der Waals surface area (Å²) in [6.07, 6.45) is 3.11. The highest BCUT2D eigenvalue weighted by molar-refractivity contribution is 9.11. The van der Waals surface area contributed by atoms with Gasteiger partial charge >= 0.3 is 0 Å². The fourth-order valence-electron chi connectivity index (χ4n) is 1.37. The minimum atomic E-state index is -0.0446. The molecule has 1 unspecified atom stereocenters. The van der Waals surface area contributed by atoms with Crippen LogP contribution in [0.2, 0.25) is 0 Å². The Bertz CT molecular complexity index is 206. The third kappa shape index (κ3) is 3.91. The van der Waals surface area contributed by atoms with Crippen molar-refractivity contribution < 1.29 is 4.79 Å². The summed E-state index contributed by atoms with van der Waals surface area (Å²) in [5, 5.41) is 6.02. The predicted octanol–water partition coefficient (Wildman–Crippen LogP) is 1.15. The monoisotopic (exact) mass is 246 g/mol. The molecule has 1 aliphatic rings. The standard InChI is InChI=1S/C9H15BrN2O/c1-7(10)6-12-8-4-2-3-5-11-9(8)13/h8,12H,1-6H2,(H,11,13). The third-order valence-electron chi connectivity index (χ3n) is 2.08. The number of rotatable bonds is 3. The van der Waals surface area contributed by atoms with Gasteiger partial charge in [-0.15, -0.1) is 0 Å². The molecule has 0 aliphatic carbocycles. The highest BCUT2D eigenvalue weighted by Gasteiger charge is 2.19. The molecular formula is C9H15BrN2O. The summed E-state index contributed by atoms with van der Waals surface area (Å²) in [6.45, 7) is 5.17. The molecule has 0 bridgehead atoms. The Labute approximate surface area is 87.1 Å². The second-order valence-electron chi connectivity index (χ2n) is 3.24. The molecule has 2 N–H and O–H groups in total. The van der Waals surface area contributed by atoms with E-state index in [2.05, 4.69) is 33.1 Å². The van der Waals surface area contributed by atoms with Crippen molar-refractivity contribution >= 4 is 21.8 Å². The molecule has 74 valence electrons. The first-order valence-corrected chi connectivity index (χ1v) is 5.34. The fraction of sp³-hybridized carbons (Fsp3) is 0.667. The quantitative estimate of drug-likeness (QED) is 0.785. The van der Waals surface area contributed by atoms with Crippen LogP contribution in [0.3, 0.4) is 0 Å². The first-order chi connectivity index (χ1) is 6.20. The minimum absolute atomic E-state index is 0.0446. The van der Waals surface area contributed by atoms with Crippen LogP contribution in [-0.4, -0.2) is 25.0 Å². The maximum absolute atomic E-state index is 11.4. The van der Waals surface area contributed by atoms with E-state index in [0.717, 1.165) is 30.3 Å². The van der Waals surface area contributed by atoms with Gasteiger partial charge in [0, 0.05) is 17.6 Å². The summed E-state index contributed by atoms with van der Waals surface area (Å²) in [5.74, 6) is 0.117. The third-order valence-corrected chi connectivity index (χ3v) is 2.36. The number of hydrogen-bond acceptors (Lipinski definition) is 2. The number of amides is 1. The van der Waals surface area contributed by atoms with Crippen molar-refractivity contribution in [2.75, 3.05) is 13.1 Å². The lowest BCUT2D eigenvalue weighted by Crippen LogP contribution is -2.43. The lowest BCUT2D eigenvalue weighted by atomic mass is 10.1. The molecule has 1 atom stereocenters. The van der Waals surface area contributed by atoms with E-state index >= 15 is 0 Å². The van der Waals surface area contributed by atoms with E-state index in [9.17, 15) is 4.79 Å². The van der Waals surface area contributed by atoms with Crippen molar-refractivity contribution in [2.45, 2.75) is 25.3 Å². The fourth-order valence-corrected chi connectivity index (χ4v) is 1.53. The van der Waals surface area contributed by atoms with E-state index in [-0.39, 0.29) is 11.9 Å². The summed E-state index contributed by atoms with van der Waals surface area (Å²) >= 11 is 3.25. The van der Waals surface area contributed by atoms with Crippen LogP contribution in [0.15, 0.2) is 11.1 Å². The van der Waals surface area contributed by atoms with Gasteiger partial charge in [-0.1, -0.05) is 22.5 Å². The smallest absolute Gasteiger partial charge is 0.237 e. The molecule has 0 aromatic carbocycles. The van der Waals surface area contributed by atoms with Crippen LogP contribution in [0.25, 0.3) is 0 Å². The minimum Gasteiger partial charge on any atom is -0.355 e. The van der Waals surface area contributed by atoms with Gasteiger partial charge in [0.1, 0.15) is 0 Å². The van der Waals surface area contributed by atoms with Crippen LogP contribution < -0.4 is 10.6 Å². The van der Waals surface area contributed by atoms with E-state index in [1.165, 1.54) is 0 Å². The summed E-state index contributed by atoms with van der Waals surface area (Å²) in [6, 6.07) is -0.0446. The lowest BCUT2D eigenvalue weighted by Gasteiger charge is -2.14. The molecule has 1 fully saturated rings. The highest BCUT2D eigenvalue weighted by Crippen LogP contribution is 2.06. The van der Waals surface area contributed by atoms with E-state index in [1.54, 1.807) is 0 Å². The summed E-state index contributed by atoms with van der Waals surface area (Å²) in [4.78, 5) is 11.4. The maximum Gasteiger partial charge on any atom is 0.237 e. The van der Waals surface area contributed by atoms with Gasteiger partial charge in [0.2, 0.25) is 5.91 Å². The normalized spacial score (nSPS) is 23.5. The number of carbonyl (C=O) groups is 1. The Morgan fingerprint density at radius 3 is 3.15 bits per heavy atom. The number of hydrogen-bond donors (Lipinski definition) is 2. The van der Waals surface area contributed by atoms with Crippen LogP contribution in [-0.2, 0) is 4.79 Å². The largest absolute Gasteiger partial charge is 0.355 e. The van der Waals surface area contributed by atoms with Crippen LogP contribution in [0.5, 0.6) is 0 Å². The Morgan fingerprint density at radius 1 is 1.69 bits per heavy atom. The average molecular weight is 247 g/mol. The van der Waals surface area contributed by atoms with Crippen molar-refractivity contribution in [2.24, 2.45) is 0 Å². The van der Waals surface area contributed by atoms with Crippen molar-refractivity contribution in [3.05, 3.63) is 11.1 Å². The summed E-state index contributed by atoms with van der Waals surface area (Å²) in [5.41, 5.74) is 0. The molecule has 1 amide bonds. The molecule has 0 aromatic heterocycles. The molecule has 1 rings (SSSR count). The van der Waals surface area contributed by atoms with E-state index in [0.29, 0.717) is 6.54 Å². The molecule has 13 heavy (non-hydrogen) atoms. The Hall–Kier alpha value is -0.350. The van der Waals surface area contributed by atoms with Gasteiger partial charge < -0.3 is 10.6 Å². The van der Waals surface area contributed by atoms with Gasteiger partial charge in [-0.05, 0) is 19.3 Å². The zero-order valence-corrected chi connectivity index (χ0v) is 9.19. The average Bonchev–Trinajstić information content (AvgIpc) is 2.27. The first kappa shape index (κ1) is 10.7. The van der Waals surface area contributed by atoms with Crippen molar-refractivity contribution in [1.82, 2.24) is 10.6 Å². The predicted molar refractivity (Wildman–Crippen MR) is 56.7 cm³/mol. The molecule has 0 saturated carbocycles.